The number of ether oxygens (including phenoxy) is 2. The fourth-order valence-corrected chi connectivity index (χ4v) is 9.29. The van der Waals surface area contributed by atoms with Crippen molar-refractivity contribution in [2.45, 2.75) is 294 Å². The Labute approximate surface area is 549 Å². The second-order valence-electron chi connectivity index (χ2n) is 33.6. The zero-order valence-electron chi connectivity index (χ0n) is 61.2. The molecule has 5 aliphatic rings. The first-order valence-corrected chi connectivity index (χ1v) is 33.4. The second-order valence-corrected chi connectivity index (χ2v) is 33.6. The maximum absolute atomic E-state index is 12.4. The molecule has 3 aliphatic heterocycles. The lowest BCUT2D eigenvalue weighted by Crippen LogP contribution is -2.51. The van der Waals surface area contributed by atoms with E-state index in [4.69, 9.17) is 19.7 Å². The molecule has 3 N–H and O–H groups in total. The van der Waals surface area contributed by atoms with Crippen molar-refractivity contribution in [2.75, 3.05) is 72.8 Å². The lowest BCUT2D eigenvalue weighted by atomic mass is 9.88. The number of aliphatic hydroxyl groups is 2. The molecule has 15 nitrogen and oxygen atoms in total. The van der Waals surface area contributed by atoms with Crippen molar-refractivity contribution in [3.63, 3.8) is 0 Å². The standard InChI is InChI=1S/C12H23NO2.C12H22O2.C9H14F2O.C9H18O2.C9H16O.C8H15NO2.C7H14O.C6H13NO.CH4/c1-12(2,3)10-11(14)4-5-13-6-8-15-9-7-13;1-12(2,3)9-10(13)8-11-6-4-5-7-14-11;1-8(2,3)5-7(12)6-4-9(6,10)11;1-9(2,3)7-8(11)5-4-6-10;1-9(2,3)6-8(10)7-4-5-7;1-2-3-8(11)9-4-7(5-9)6-10;1-6(8)5-7(2,3)4;1-6(2,3)5(8)7-4;/h4-10H2,1-3H3;11H,4-9H2,1-3H3;6H,4-5H2,1-3H3;10H,4-7H2,1-3H3;7H,4-6H2,1-3H3;7,10H,2-6H2,1H3;5H2,1-4H3;1-4H3,(H,7,8);1H4. The highest BCUT2D eigenvalue weighted by Crippen LogP contribution is 2.50. The monoisotopic (exact) mass is 1290 g/mol. The Morgan fingerprint density at radius 3 is 1.33 bits per heavy atom. The second kappa shape index (κ2) is 44.3. The van der Waals surface area contributed by atoms with Crippen LogP contribution in [0.3, 0.4) is 0 Å². The number of ketones is 6. The third kappa shape index (κ3) is 58.4. The Morgan fingerprint density at radius 1 is 0.578 bits per heavy atom. The van der Waals surface area contributed by atoms with Crippen LogP contribution in [-0.2, 0) is 47.8 Å². The lowest BCUT2D eigenvalue weighted by Gasteiger charge is -2.38. The number of nitrogens with one attached hydrogen (secondary N) is 1. The van der Waals surface area contributed by atoms with Crippen LogP contribution in [0.5, 0.6) is 0 Å². The number of likely N-dealkylation sites (tertiary alicyclic amines) is 1. The predicted molar refractivity (Wildman–Crippen MR) is 365 cm³/mol. The van der Waals surface area contributed by atoms with Crippen molar-refractivity contribution in [3.8, 4) is 0 Å². The van der Waals surface area contributed by atoms with Gasteiger partial charge >= 0.3 is 0 Å². The number of carbonyl (C=O) groups excluding carboxylic acids is 8. The molecule has 5 rings (SSSR count). The summed E-state index contributed by atoms with van der Waals surface area (Å²) in [6, 6.07) is 0. The molecule has 0 bridgehead atoms. The number of hydrogen-bond acceptors (Lipinski definition) is 13. The minimum absolute atomic E-state index is 0. The van der Waals surface area contributed by atoms with Gasteiger partial charge in [0.05, 0.1) is 25.2 Å². The number of halogens is 2. The number of rotatable bonds is 19. The van der Waals surface area contributed by atoms with E-state index in [2.05, 4.69) is 93.3 Å². The molecular weight excluding hydrogens is 1150 g/mol. The van der Waals surface area contributed by atoms with Crippen LogP contribution in [0.1, 0.15) is 282 Å². The average Bonchev–Trinajstić information content (AvgIpc) is 1.66. The highest BCUT2D eigenvalue weighted by atomic mass is 19.3. The molecule has 0 aromatic carbocycles. The van der Waals surface area contributed by atoms with Crippen LogP contribution >= 0.6 is 0 Å². The zero-order chi connectivity index (χ0) is 70.0. The third-order valence-electron chi connectivity index (χ3n) is 13.7. The largest absolute Gasteiger partial charge is 0.396 e. The van der Waals surface area contributed by atoms with Crippen LogP contribution < -0.4 is 5.32 Å². The van der Waals surface area contributed by atoms with Gasteiger partial charge in [-0.1, -0.05) is 160 Å². The number of Topliss-reactive ketones (excluding diaryl/α,β-unsaturated/α-hetero) is 6. The van der Waals surface area contributed by atoms with Gasteiger partial charge in [-0.25, -0.2) is 8.78 Å². The lowest BCUT2D eigenvalue weighted by molar-refractivity contribution is -0.138. The van der Waals surface area contributed by atoms with Crippen LogP contribution in [0.2, 0.25) is 0 Å². The van der Waals surface area contributed by atoms with Gasteiger partial charge in [0, 0.05) is 147 Å². The van der Waals surface area contributed by atoms with E-state index in [9.17, 15) is 47.1 Å². The molecule has 2 amide bonds. The Bertz CT molecular complexity index is 2040. The van der Waals surface area contributed by atoms with Crippen LogP contribution in [0, 0.1) is 55.7 Å². The Morgan fingerprint density at radius 2 is 1.01 bits per heavy atom. The number of carbonyl (C=O) groups is 8. The van der Waals surface area contributed by atoms with Gasteiger partial charge in [0.2, 0.25) is 11.8 Å². The van der Waals surface area contributed by atoms with E-state index in [1.165, 1.54) is 6.42 Å². The highest BCUT2D eigenvalue weighted by molar-refractivity contribution is 5.85. The van der Waals surface area contributed by atoms with E-state index < -0.39 is 11.8 Å². The van der Waals surface area contributed by atoms with Crippen LogP contribution in [0.15, 0.2) is 0 Å². The smallest absolute Gasteiger partial charge is 0.258 e. The topological polar surface area (TPSA) is 214 Å². The molecule has 2 saturated carbocycles. The van der Waals surface area contributed by atoms with E-state index in [1.807, 2.05) is 74.1 Å². The van der Waals surface area contributed by atoms with Gasteiger partial charge in [0.1, 0.15) is 34.7 Å². The highest BCUT2D eigenvalue weighted by Gasteiger charge is 2.60. The molecule has 2 unspecified atom stereocenters. The van der Waals surface area contributed by atoms with E-state index in [0.717, 1.165) is 91.1 Å². The van der Waals surface area contributed by atoms with E-state index >= 15 is 0 Å². The van der Waals surface area contributed by atoms with Crippen molar-refractivity contribution in [3.05, 3.63) is 0 Å². The van der Waals surface area contributed by atoms with Crippen molar-refractivity contribution < 1.29 is 66.8 Å². The molecule has 17 heteroatoms. The number of amides is 2. The quantitative estimate of drug-likeness (QED) is 0.110. The predicted octanol–water partition coefficient (Wildman–Crippen LogP) is 15.1. The number of morpholine rings is 1. The van der Waals surface area contributed by atoms with Crippen LogP contribution in [0.4, 0.5) is 8.78 Å². The molecule has 0 radical (unpaired) electrons. The first-order valence-electron chi connectivity index (χ1n) is 33.4. The minimum Gasteiger partial charge on any atom is -0.396 e. The Hall–Kier alpha value is -3.38. The third-order valence-corrected chi connectivity index (χ3v) is 13.7. The molecule has 3 heterocycles. The number of hydrogen-bond donors (Lipinski definition) is 3. The minimum atomic E-state index is -2.69. The molecule has 2 aliphatic carbocycles. The maximum atomic E-state index is 12.4. The number of alkyl halides is 2. The molecule has 5 fully saturated rings. The van der Waals surface area contributed by atoms with Crippen molar-refractivity contribution in [2.24, 2.45) is 55.7 Å². The summed E-state index contributed by atoms with van der Waals surface area (Å²) in [5, 5.41) is 19.7. The Kier molecular flexibility index (Phi) is 45.8. The van der Waals surface area contributed by atoms with E-state index in [0.29, 0.717) is 87.0 Å². The average molecular weight is 1290 g/mol. The molecule has 0 aromatic heterocycles. The first kappa shape index (κ1) is 93.0. The molecule has 0 spiro atoms. The summed E-state index contributed by atoms with van der Waals surface area (Å²) in [7, 11) is 1.65. The van der Waals surface area contributed by atoms with Crippen molar-refractivity contribution in [1.82, 2.24) is 15.1 Å². The van der Waals surface area contributed by atoms with Crippen molar-refractivity contribution >= 4 is 46.5 Å². The zero-order valence-corrected chi connectivity index (χ0v) is 61.2. The summed E-state index contributed by atoms with van der Waals surface area (Å²) in [5.41, 5.74) is 0.288. The van der Waals surface area contributed by atoms with Gasteiger partial charge < -0.3 is 34.7 Å². The summed E-state index contributed by atoms with van der Waals surface area (Å²) >= 11 is 0. The summed E-state index contributed by atoms with van der Waals surface area (Å²) in [4.78, 5) is 93.2. The Balaban J connectivity index is -0.000000473. The van der Waals surface area contributed by atoms with E-state index in [-0.39, 0.29) is 107 Å². The van der Waals surface area contributed by atoms with Gasteiger partial charge in [-0.05, 0) is 84.4 Å². The maximum Gasteiger partial charge on any atom is 0.258 e. The van der Waals surface area contributed by atoms with Crippen LogP contribution in [0.25, 0.3) is 0 Å². The normalized spacial score (nSPS) is 18.2. The SMILES string of the molecule is C.CC(=O)CC(C)(C)C.CC(C)(C)CC(=O)C1CC1.CC(C)(C)CC(=O)C1CC1(F)F.CC(C)(C)CC(=O)CC1CCCCO1.CC(C)(C)CC(=O)CCCO.CC(C)(C)CC(=O)CCN1CCOCC1.CCCC(=O)N1CC(CO)C1.CNC(=O)C(C)(C)C. The molecule has 3 saturated heterocycles. The van der Waals surface area contributed by atoms with Crippen LogP contribution in [-0.4, -0.2) is 151 Å². The number of aliphatic hydroxyl groups excluding tert-OH is 2. The summed E-state index contributed by atoms with van der Waals surface area (Å²) in [6.07, 6.45) is 13.4. The number of nitrogens with zero attached hydrogens (tertiary/aromatic N) is 2. The molecule has 0 aromatic rings. The van der Waals surface area contributed by atoms with Gasteiger partial charge in [0.25, 0.3) is 5.92 Å². The molecule has 532 valence electrons. The summed E-state index contributed by atoms with van der Waals surface area (Å²) in [6.45, 7) is 53.4. The van der Waals surface area contributed by atoms with Gasteiger partial charge in [-0.15, -0.1) is 0 Å². The fraction of sp³-hybridized carbons (Fsp3) is 0.890. The summed E-state index contributed by atoms with van der Waals surface area (Å²) in [5.74, 6) is -1.11. The van der Waals surface area contributed by atoms with Gasteiger partial charge in [-0.2, -0.15) is 0 Å². The molecular formula is C73H139F2N3O12. The van der Waals surface area contributed by atoms with Gasteiger partial charge in [0.15, 0.2) is 0 Å². The molecule has 90 heavy (non-hydrogen) atoms. The summed E-state index contributed by atoms with van der Waals surface area (Å²) < 4.78 is 35.6. The molecule has 2 atom stereocenters. The fourth-order valence-electron chi connectivity index (χ4n) is 9.29. The first-order chi connectivity index (χ1) is 40.3. The van der Waals surface area contributed by atoms with Gasteiger partial charge in [-0.3, -0.25) is 38.5 Å². The van der Waals surface area contributed by atoms with Crippen molar-refractivity contribution in [1.29, 1.82) is 0 Å². The van der Waals surface area contributed by atoms with E-state index in [1.54, 1.807) is 14.0 Å².